The average molecular weight is 1070 g/mol. The van der Waals surface area contributed by atoms with Crippen LogP contribution in [-0.2, 0) is 17.9 Å². The summed E-state index contributed by atoms with van der Waals surface area (Å²) in [5.74, 6) is 0. The van der Waals surface area contributed by atoms with Gasteiger partial charge in [0.1, 0.15) is 0 Å². The van der Waals surface area contributed by atoms with Crippen LogP contribution in [0.3, 0.4) is 0 Å². The number of rotatable bonds is 4. The minimum atomic E-state index is -0.0922. The Hall–Kier alpha value is -10.0. The van der Waals surface area contributed by atoms with Crippen molar-refractivity contribution in [2.75, 3.05) is 11.9 Å². The fourth-order valence-corrected chi connectivity index (χ4v) is 16.3. The molecule has 18 rings (SSSR count). The van der Waals surface area contributed by atoms with Crippen LogP contribution in [0, 0.1) is 0 Å². The van der Waals surface area contributed by atoms with Gasteiger partial charge in [0.2, 0.25) is 0 Å². The Kier molecular flexibility index (Phi) is 9.53. The Morgan fingerprint density at radius 3 is 1.11 bits per heavy atom. The topological polar surface area (TPSA) is 8.17 Å². The number of aromatic nitrogens is 1. The van der Waals surface area contributed by atoms with E-state index in [-0.39, 0.29) is 10.8 Å². The molecule has 0 radical (unpaired) electrons. The largest absolute Gasteiger partial charge is 0.344 e. The van der Waals surface area contributed by atoms with Gasteiger partial charge in [-0.05, 0) is 179 Å². The van der Waals surface area contributed by atoms with Crippen LogP contribution >= 0.6 is 0 Å². The third-order valence-corrected chi connectivity index (χ3v) is 20.3. The van der Waals surface area contributed by atoms with Gasteiger partial charge in [0, 0.05) is 63.5 Å². The number of fused-ring (bicyclic) bond motifs is 16. The zero-order valence-corrected chi connectivity index (χ0v) is 48.0. The second-order valence-corrected chi connectivity index (χ2v) is 25.1. The number of nitrogens with zero attached hydrogens (tertiary/aromatic N) is 2. The minimum Gasteiger partial charge on any atom is -0.344 e. The van der Waals surface area contributed by atoms with Crippen LogP contribution in [0.5, 0.6) is 0 Å². The molecule has 0 N–H and O–H groups in total. The smallest absolute Gasteiger partial charge is 0.0501 e. The fraction of sp³-hybridized carbons (Fsp3) is 0.0976. The quantitative estimate of drug-likeness (QED) is 0.160. The summed E-state index contributed by atoms with van der Waals surface area (Å²) in [4.78, 5) is 2.44. The number of hydrogen-bond donors (Lipinski definition) is 0. The van der Waals surface area contributed by atoms with E-state index in [0.29, 0.717) is 0 Å². The van der Waals surface area contributed by atoms with Crippen LogP contribution in [0.1, 0.15) is 49.9 Å². The zero-order chi connectivity index (χ0) is 56.1. The highest BCUT2D eigenvalue weighted by Crippen LogP contribution is 2.56. The molecule has 0 unspecified atom stereocenters. The molecule has 3 aliphatic rings. The van der Waals surface area contributed by atoms with Crippen LogP contribution < -0.4 is 4.90 Å². The summed E-state index contributed by atoms with van der Waals surface area (Å²) in [6, 6.07) is 92.6. The molecule has 2 heterocycles. The van der Waals surface area contributed by atoms with Gasteiger partial charge in [-0.25, -0.2) is 0 Å². The maximum absolute atomic E-state index is 2.48. The molecule has 0 spiro atoms. The lowest BCUT2D eigenvalue weighted by Gasteiger charge is -2.31. The van der Waals surface area contributed by atoms with Crippen molar-refractivity contribution in [3.05, 3.63) is 265 Å². The molecule has 84 heavy (non-hydrogen) atoms. The first kappa shape index (κ1) is 47.6. The summed E-state index contributed by atoms with van der Waals surface area (Å²) in [7, 11) is 4.53. The van der Waals surface area contributed by atoms with E-state index in [1.54, 1.807) is 0 Å². The van der Waals surface area contributed by atoms with Crippen molar-refractivity contribution in [2.24, 2.45) is 7.05 Å². The zero-order valence-electron chi connectivity index (χ0n) is 48.0. The molecule has 396 valence electrons. The molecule has 15 aromatic rings. The van der Waals surface area contributed by atoms with E-state index in [1.165, 1.54) is 187 Å². The van der Waals surface area contributed by atoms with Gasteiger partial charge in [0.15, 0.2) is 0 Å². The van der Waals surface area contributed by atoms with E-state index < -0.39 is 0 Å². The molecule has 0 bridgehead atoms. The van der Waals surface area contributed by atoms with Crippen LogP contribution in [0.2, 0.25) is 0 Å². The van der Waals surface area contributed by atoms with Gasteiger partial charge in [-0.15, -0.1) is 0 Å². The molecule has 1 aromatic heterocycles. The first-order chi connectivity index (χ1) is 41.0. The van der Waals surface area contributed by atoms with E-state index >= 15 is 0 Å². The van der Waals surface area contributed by atoms with Crippen molar-refractivity contribution in [1.29, 1.82) is 0 Å². The van der Waals surface area contributed by atoms with Crippen LogP contribution in [0.4, 0.5) is 11.4 Å². The molecule has 2 nitrogen and oxygen atoms in total. The Bertz CT molecular complexity index is 5360. The predicted molar refractivity (Wildman–Crippen MR) is 358 cm³/mol. The van der Waals surface area contributed by atoms with Crippen LogP contribution in [-0.4, -0.2) is 11.6 Å². The molecule has 0 saturated heterocycles. The fourth-order valence-electron chi connectivity index (χ4n) is 16.3. The Morgan fingerprint density at radius 2 is 0.631 bits per heavy atom. The van der Waals surface area contributed by atoms with Crippen LogP contribution in [0.15, 0.2) is 243 Å². The van der Waals surface area contributed by atoms with Gasteiger partial charge in [-0.2, -0.15) is 0 Å². The first-order valence-corrected chi connectivity index (χ1v) is 29.8. The van der Waals surface area contributed by atoms with Gasteiger partial charge in [0.05, 0.1) is 5.52 Å². The summed E-state index contributed by atoms with van der Waals surface area (Å²) in [6.45, 7) is 9.52. The third-order valence-electron chi connectivity index (χ3n) is 20.3. The maximum atomic E-state index is 2.48. The van der Waals surface area contributed by atoms with Gasteiger partial charge in [0.25, 0.3) is 0 Å². The molecule has 2 heteroatoms. The monoisotopic (exact) mass is 1070 g/mol. The Balaban J connectivity index is 0.785. The lowest BCUT2D eigenvalue weighted by molar-refractivity contribution is 0.660. The summed E-state index contributed by atoms with van der Waals surface area (Å²) < 4.78 is 2.45. The first-order valence-electron chi connectivity index (χ1n) is 29.8. The maximum Gasteiger partial charge on any atom is 0.0501 e. The van der Waals surface area contributed by atoms with E-state index in [4.69, 9.17) is 0 Å². The molecule has 2 aliphatic carbocycles. The van der Waals surface area contributed by atoms with E-state index in [2.05, 4.69) is 294 Å². The summed E-state index contributed by atoms with van der Waals surface area (Å²) in [5.41, 5.74) is 28.3. The molecule has 0 fully saturated rings. The van der Waals surface area contributed by atoms with Crippen molar-refractivity contribution in [3.8, 4) is 77.9 Å². The van der Waals surface area contributed by atoms with E-state index in [9.17, 15) is 0 Å². The summed E-state index contributed by atoms with van der Waals surface area (Å²) in [6.07, 6.45) is 0. The highest BCUT2D eigenvalue weighted by molar-refractivity contribution is 6.29. The molecule has 14 aromatic carbocycles. The number of aryl methyl sites for hydroxylation is 1. The standard InChI is InChI=1S/C82H58N2/c1-81(2)67-31-17-15-20-51(67)53-38-34-47(42-69(53)81)75-56-22-7-11-26-60(56)77(61-27-12-8-23-57(61)75)49-36-40-55-66-46-74-79(65-30-19-33-71(80(65)66)83(5)72(55)44-49)64-41-37-50(45-73(64)84(74)6)78-62-28-13-9-24-58(62)76(59-25-10-14-29-63(59)78)48-35-39-54-52-21-16-18-32-68(52)82(3,4)70(54)43-48/h7-46H,1-6H3. The van der Waals surface area contributed by atoms with Gasteiger partial charge in [-0.3, -0.25) is 0 Å². The highest BCUT2D eigenvalue weighted by Gasteiger charge is 2.37. The number of benzene rings is 14. The van der Waals surface area contributed by atoms with Crippen molar-refractivity contribution >= 4 is 87.0 Å². The Labute approximate surface area is 489 Å². The highest BCUT2D eigenvalue weighted by atomic mass is 15.1. The predicted octanol–water partition coefficient (Wildman–Crippen LogP) is 22.1. The summed E-state index contributed by atoms with van der Waals surface area (Å²) in [5, 5.41) is 15.3. The van der Waals surface area contributed by atoms with Crippen molar-refractivity contribution < 1.29 is 0 Å². The summed E-state index contributed by atoms with van der Waals surface area (Å²) >= 11 is 0. The Morgan fingerprint density at radius 1 is 0.250 bits per heavy atom. The van der Waals surface area contributed by atoms with Gasteiger partial charge >= 0.3 is 0 Å². The lowest BCUT2D eigenvalue weighted by atomic mass is 9.80. The second-order valence-electron chi connectivity index (χ2n) is 25.1. The third kappa shape index (κ3) is 6.19. The normalized spacial score (nSPS) is 14.2. The minimum absolute atomic E-state index is 0.0910. The molecule has 0 saturated carbocycles. The number of anilines is 2. The van der Waals surface area contributed by atoms with Gasteiger partial charge in [-0.1, -0.05) is 234 Å². The number of hydrogen-bond acceptors (Lipinski definition) is 1. The van der Waals surface area contributed by atoms with E-state index in [0.717, 1.165) is 0 Å². The SMILES string of the molecule is CN1c2cc(-c3c4ccccc4c(-c4ccc5c(c4)C(C)(C)c4ccccc4-5)c4ccccc34)ccc2-c2cc3c(c4cccc1c24)c1ccc(-c2c4ccccc4c(-c4ccc5c(c4)C(C)(C)c4ccccc4-5)c4ccccc24)cc1n3C. The van der Waals surface area contributed by atoms with Crippen LogP contribution in [0.25, 0.3) is 154 Å². The van der Waals surface area contributed by atoms with E-state index in [1.807, 2.05) is 0 Å². The second kappa shape index (κ2) is 16.8. The molecular weight excluding hydrogens is 1010 g/mol. The molecule has 0 amide bonds. The molecule has 1 aliphatic heterocycles. The van der Waals surface area contributed by atoms with Gasteiger partial charge < -0.3 is 9.47 Å². The van der Waals surface area contributed by atoms with Crippen molar-refractivity contribution in [1.82, 2.24) is 4.57 Å². The van der Waals surface area contributed by atoms with Crippen molar-refractivity contribution in [2.45, 2.75) is 38.5 Å². The van der Waals surface area contributed by atoms with Crippen molar-refractivity contribution in [3.63, 3.8) is 0 Å². The lowest BCUT2D eigenvalue weighted by Crippen LogP contribution is -2.15. The molecule has 0 atom stereocenters. The molecular formula is C82H58N2. The average Bonchev–Trinajstić information content (AvgIpc) is 1.38.